The molecule has 0 aromatic rings. The highest BCUT2D eigenvalue weighted by atomic mass is 32.2. The van der Waals surface area contributed by atoms with Crippen molar-refractivity contribution >= 4 is 16.3 Å². The molecule has 2 rings (SSSR count). The SMILES string of the molecule is COC(=O)NS(=O)(=O)N(C)C1CC2CCC(C1)N2. The lowest BCUT2D eigenvalue weighted by atomic mass is 10.0. The van der Waals surface area contributed by atoms with Crippen LogP contribution in [0, 0.1) is 0 Å². The van der Waals surface area contributed by atoms with E-state index in [1.165, 1.54) is 11.4 Å². The Bertz CT molecular complexity index is 413. The van der Waals surface area contributed by atoms with Crippen LogP contribution in [0.1, 0.15) is 25.7 Å². The molecule has 104 valence electrons. The Morgan fingerprint density at radius 1 is 1.33 bits per heavy atom. The fourth-order valence-electron chi connectivity index (χ4n) is 2.74. The third-order valence-corrected chi connectivity index (χ3v) is 5.22. The summed E-state index contributed by atoms with van der Waals surface area (Å²) in [6, 6.07) is 0.722. The minimum atomic E-state index is -3.81. The van der Waals surface area contributed by atoms with Crippen LogP contribution in [0.3, 0.4) is 0 Å². The first kappa shape index (κ1) is 13.6. The molecule has 2 atom stereocenters. The van der Waals surface area contributed by atoms with Crippen LogP contribution in [-0.2, 0) is 14.9 Å². The van der Waals surface area contributed by atoms with E-state index in [0.717, 1.165) is 32.8 Å². The molecule has 2 fully saturated rings. The first-order chi connectivity index (χ1) is 8.42. The van der Waals surface area contributed by atoms with Crippen LogP contribution in [0.5, 0.6) is 0 Å². The summed E-state index contributed by atoms with van der Waals surface area (Å²) >= 11 is 0. The summed E-state index contributed by atoms with van der Waals surface area (Å²) in [5.74, 6) is 0. The fourth-order valence-corrected chi connectivity index (χ4v) is 3.74. The zero-order valence-electron chi connectivity index (χ0n) is 10.5. The number of nitrogens with zero attached hydrogens (tertiary/aromatic N) is 1. The molecule has 0 aliphatic carbocycles. The summed E-state index contributed by atoms with van der Waals surface area (Å²) in [6.45, 7) is 0. The summed E-state index contributed by atoms with van der Waals surface area (Å²) in [5, 5.41) is 3.45. The Balaban J connectivity index is 2.02. The average molecular weight is 277 g/mol. The van der Waals surface area contributed by atoms with Crippen LogP contribution >= 0.6 is 0 Å². The van der Waals surface area contributed by atoms with E-state index in [0.29, 0.717) is 12.1 Å². The normalized spacial score (nSPS) is 31.4. The Labute approximate surface area is 107 Å². The van der Waals surface area contributed by atoms with Gasteiger partial charge in [0.05, 0.1) is 7.11 Å². The Morgan fingerprint density at radius 2 is 1.89 bits per heavy atom. The third kappa shape index (κ3) is 2.76. The summed E-state index contributed by atoms with van der Waals surface area (Å²) in [5.41, 5.74) is 0. The lowest BCUT2D eigenvalue weighted by Crippen LogP contribution is -2.52. The molecule has 0 spiro atoms. The standard InChI is InChI=1S/C10H19N3O4S/c1-13(18(15,16)12-10(14)17-2)9-5-7-3-4-8(6-9)11-7/h7-9,11H,3-6H2,1-2H3,(H,12,14). The number of amides is 1. The van der Waals surface area contributed by atoms with Crippen molar-refractivity contribution in [2.24, 2.45) is 0 Å². The molecule has 8 heteroatoms. The topological polar surface area (TPSA) is 87.7 Å². The molecule has 0 radical (unpaired) electrons. The van der Waals surface area contributed by atoms with Gasteiger partial charge in [0, 0.05) is 25.2 Å². The smallest absolute Gasteiger partial charge is 0.421 e. The van der Waals surface area contributed by atoms with E-state index in [9.17, 15) is 13.2 Å². The quantitative estimate of drug-likeness (QED) is 0.746. The molecule has 2 aliphatic heterocycles. The number of piperidine rings is 1. The highest BCUT2D eigenvalue weighted by Crippen LogP contribution is 2.29. The number of carbonyl (C=O) groups is 1. The van der Waals surface area contributed by atoms with Crippen LogP contribution in [0.25, 0.3) is 0 Å². The second kappa shape index (κ2) is 5.02. The van der Waals surface area contributed by atoms with Gasteiger partial charge in [0.2, 0.25) is 0 Å². The number of hydrogen-bond acceptors (Lipinski definition) is 5. The summed E-state index contributed by atoms with van der Waals surface area (Å²) in [7, 11) is -1.17. The predicted octanol–water partition coefficient (Wildman–Crippen LogP) is -0.198. The van der Waals surface area contributed by atoms with Gasteiger partial charge >= 0.3 is 16.3 Å². The maximum Gasteiger partial charge on any atom is 0.421 e. The second-order valence-corrected chi connectivity index (χ2v) is 6.61. The Kier molecular flexibility index (Phi) is 3.79. The number of carbonyl (C=O) groups excluding carboxylic acids is 1. The van der Waals surface area contributed by atoms with Gasteiger partial charge in [0.25, 0.3) is 0 Å². The minimum Gasteiger partial charge on any atom is -0.452 e. The van der Waals surface area contributed by atoms with Crippen molar-refractivity contribution in [2.75, 3.05) is 14.2 Å². The van der Waals surface area contributed by atoms with E-state index in [2.05, 4.69) is 10.1 Å². The zero-order chi connectivity index (χ0) is 13.3. The fraction of sp³-hybridized carbons (Fsp3) is 0.900. The van der Waals surface area contributed by atoms with E-state index < -0.39 is 16.3 Å². The third-order valence-electron chi connectivity index (χ3n) is 3.74. The van der Waals surface area contributed by atoms with Gasteiger partial charge in [-0.1, -0.05) is 0 Å². The first-order valence-corrected chi connectivity index (χ1v) is 7.46. The predicted molar refractivity (Wildman–Crippen MR) is 65.2 cm³/mol. The number of rotatable bonds is 3. The average Bonchev–Trinajstić information content (AvgIpc) is 2.66. The lowest BCUT2D eigenvalue weighted by molar-refractivity contribution is 0.176. The van der Waals surface area contributed by atoms with Crippen LogP contribution in [0.4, 0.5) is 4.79 Å². The zero-order valence-corrected chi connectivity index (χ0v) is 11.4. The Morgan fingerprint density at radius 3 is 2.39 bits per heavy atom. The van der Waals surface area contributed by atoms with E-state index in [1.807, 2.05) is 4.72 Å². The number of ether oxygens (including phenoxy) is 1. The van der Waals surface area contributed by atoms with Crippen molar-refractivity contribution in [3.63, 3.8) is 0 Å². The number of fused-ring (bicyclic) bond motifs is 2. The number of nitrogens with one attached hydrogen (secondary N) is 2. The van der Waals surface area contributed by atoms with E-state index in [-0.39, 0.29) is 6.04 Å². The molecular weight excluding hydrogens is 258 g/mol. The maximum atomic E-state index is 11.9. The molecule has 2 unspecified atom stereocenters. The van der Waals surface area contributed by atoms with Crippen molar-refractivity contribution in [3.05, 3.63) is 0 Å². The summed E-state index contributed by atoms with van der Waals surface area (Å²) in [4.78, 5) is 11.0. The van der Waals surface area contributed by atoms with Crippen LogP contribution in [-0.4, -0.2) is 51.1 Å². The molecule has 0 saturated carbocycles. The lowest BCUT2D eigenvalue weighted by Gasteiger charge is -2.34. The summed E-state index contributed by atoms with van der Waals surface area (Å²) in [6.07, 6.45) is 2.81. The van der Waals surface area contributed by atoms with Crippen LogP contribution < -0.4 is 10.0 Å². The van der Waals surface area contributed by atoms with Gasteiger partial charge in [-0.3, -0.25) is 0 Å². The minimum absolute atomic E-state index is 0.0640. The summed E-state index contributed by atoms with van der Waals surface area (Å²) < 4.78 is 31.3. The van der Waals surface area contributed by atoms with Crippen LogP contribution in [0.2, 0.25) is 0 Å². The Hall–Kier alpha value is -0.860. The highest BCUT2D eigenvalue weighted by Gasteiger charge is 2.38. The van der Waals surface area contributed by atoms with Gasteiger partial charge in [0.15, 0.2) is 0 Å². The molecule has 1 amide bonds. The molecule has 2 saturated heterocycles. The largest absolute Gasteiger partial charge is 0.452 e. The van der Waals surface area contributed by atoms with Gasteiger partial charge in [0.1, 0.15) is 0 Å². The van der Waals surface area contributed by atoms with Crippen molar-refractivity contribution < 1.29 is 17.9 Å². The molecule has 18 heavy (non-hydrogen) atoms. The second-order valence-electron chi connectivity index (χ2n) is 4.88. The van der Waals surface area contributed by atoms with Gasteiger partial charge in [-0.2, -0.15) is 12.7 Å². The van der Waals surface area contributed by atoms with Gasteiger partial charge < -0.3 is 10.1 Å². The number of hydrogen-bond donors (Lipinski definition) is 2. The van der Waals surface area contributed by atoms with Gasteiger partial charge in [-0.15, -0.1) is 0 Å². The number of methoxy groups -OCH3 is 1. The van der Waals surface area contributed by atoms with Crippen LogP contribution in [0.15, 0.2) is 0 Å². The van der Waals surface area contributed by atoms with Crippen molar-refractivity contribution in [1.29, 1.82) is 0 Å². The molecule has 2 bridgehead atoms. The molecule has 0 aromatic heterocycles. The molecule has 7 nitrogen and oxygen atoms in total. The van der Waals surface area contributed by atoms with Gasteiger partial charge in [-0.05, 0) is 25.7 Å². The van der Waals surface area contributed by atoms with Crippen molar-refractivity contribution in [3.8, 4) is 0 Å². The van der Waals surface area contributed by atoms with E-state index in [4.69, 9.17) is 0 Å². The molecule has 2 aliphatic rings. The van der Waals surface area contributed by atoms with E-state index >= 15 is 0 Å². The van der Waals surface area contributed by atoms with Crippen molar-refractivity contribution in [2.45, 2.75) is 43.8 Å². The maximum absolute atomic E-state index is 11.9. The first-order valence-electron chi connectivity index (χ1n) is 6.02. The highest BCUT2D eigenvalue weighted by molar-refractivity contribution is 7.87. The van der Waals surface area contributed by atoms with Gasteiger partial charge in [-0.25, -0.2) is 9.52 Å². The molecule has 2 heterocycles. The monoisotopic (exact) mass is 277 g/mol. The van der Waals surface area contributed by atoms with E-state index in [1.54, 1.807) is 0 Å². The molecule has 2 N–H and O–H groups in total. The molecular formula is C10H19N3O4S. The molecule has 0 aromatic carbocycles. The van der Waals surface area contributed by atoms with Crippen molar-refractivity contribution in [1.82, 2.24) is 14.3 Å².